The molecule has 2 aromatic carbocycles. The molecule has 1 aliphatic rings. The summed E-state index contributed by atoms with van der Waals surface area (Å²) in [4.78, 5) is 33.9. The average molecular weight is 457 g/mol. The van der Waals surface area contributed by atoms with Gasteiger partial charge in [0, 0.05) is 11.1 Å². The van der Waals surface area contributed by atoms with E-state index in [4.69, 9.17) is 9.47 Å². The smallest absolute Gasteiger partial charge is 0.338 e. The van der Waals surface area contributed by atoms with Gasteiger partial charge in [0.1, 0.15) is 0 Å². The molecular formula is C29H28O5. The lowest BCUT2D eigenvalue weighted by molar-refractivity contribution is -0.132. The first kappa shape index (κ1) is 26.0. The minimum atomic E-state index is -0.594. The fourth-order valence-corrected chi connectivity index (χ4v) is 2.47. The van der Waals surface area contributed by atoms with E-state index in [1.165, 1.54) is 12.5 Å². The van der Waals surface area contributed by atoms with Gasteiger partial charge in [0.05, 0.1) is 0 Å². The van der Waals surface area contributed by atoms with E-state index in [0.717, 1.165) is 16.7 Å². The van der Waals surface area contributed by atoms with Crippen LogP contribution in [0.5, 0.6) is 11.5 Å². The predicted molar refractivity (Wildman–Crippen MR) is 135 cm³/mol. The van der Waals surface area contributed by atoms with Crippen LogP contribution in [-0.2, 0) is 14.4 Å². The molecule has 0 aromatic heterocycles. The second-order valence-electron chi connectivity index (χ2n) is 7.90. The van der Waals surface area contributed by atoms with E-state index in [2.05, 4.69) is 31.9 Å². The Hall–Kier alpha value is -4.25. The maximum atomic E-state index is 12.0. The molecule has 3 rings (SSSR count). The summed E-state index contributed by atoms with van der Waals surface area (Å²) < 4.78 is 10.7. The summed E-state index contributed by atoms with van der Waals surface area (Å²) in [6, 6.07) is 13.1. The Bertz CT molecular complexity index is 1210. The van der Waals surface area contributed by atoms with Crippen LogP contribution in [0.1, 0.15) is 33.3 Å². The Morgan fingerprint density at radius 3 is 1.50 bits per heavy atom. The number of ether oxygens (including phenoxy) is 2. The molecule has 2 aromatic rings. The number of ketones is 1. The summed E-state index contributed by atoms with van der Waals surface area (Å²) in [6.45, 7) is 16.8. The van der Waals surface area contributed by atoms with Gasteiger partial charge < -0.3 is 9.47 Å². The lowest BCUT2D eigenvalue weighted by Crippen LogP contribution is -2.12. The van der Waals surface area contributed by atoms with Crippen LogP contribution in [0.25, 0.3) is 16.7 Å². The fraction of sp³-hybridized carbons (Fsp3) is 0.138. The number of carbonyl (C=O) groups excluding carboxylic acids is 3. The number of hydrogen-bond donors (Lipinski definition) is 0. The summed E-state index contributed by atoms with van der Waals surface area (Å²) in [5.41, 5.74) is 5.19. The molecule has 0 fully saturated rings. The van der Waals surface area contributed by atoms with Crippen molar-refractivity contribution in [3.63, 3.8) is 0 Å². The third-order valence-corrected chi connectivity index (χ3v) is 4.75. The van der Waals surface area contributed by atoms with Crippen molar-refractivity contribution < 1.29 is 23.9 Å². The first-order chi connectivity index (χ1) is 16.0. The highest BCUT2D eigenvalue weighted by atomic mass is 16.6. The Balaban J connectivity index is 0.000000604. The van der Waals surface area contributed by atoms with Crippen molar-refractivity contribution in [1.29, 1.82) is 0 Å². The molecule has 1 aliphatic carbocycles. The summed E-state index contributed by atoms with van der Waals surface area (Å²) in [5.74, 6) is -0.827. The minimum Gasteiger partial charge on any atom is -0.419 e. The van der Waals surface area contributed by atoms with Crippen LogP contribution in [-0.4, -0.2) is 17.7 Å². The molecule has 5 heteroatoms. The van der Waals surface area contributed by atoms with Crippen molar-refractivity contribution in [2.75, 3.05) is 0 Å². The van der Waals surface area contributed by atoms with Gasteiger partial charge in [-0.2, -0.15) is 0 Å². The lowest BCUT2D eigenvalue weighted by atomic mass is 9.96. The summed E-state index contributed by atoms with van der Waals surface area (Å²) in [7, 11) is 0. The number of esters is 2. The fourth-order valence-electron chi connectivity index (χ4n) is 2.47. The van der Waals surface area contributed by atoms with Crippen molar-refractivity contribution in [2.45, 2.75) is 27.7 Å². The first-order valence-corrected chi connectivity index (χ1v) is 10.5. The van der Waals surface area contributed by atoms with Crippen molar-refractivity contribution in [2.24, 2.45) is 0 Å². The zero-order valence-corrected chi connectivity index (χ0v) is 19.9. The molecule has 0 spiro atoms. The first-order valence-electron chi connectivity index (χ1n) is 10.5. The normalized spacial score (nSPS) is 11.1. The number of hydrogen-bond acceptors (Lipinski definition) is 5. The van der Waals surface area contributed by atoms with Gasteiger partial charge in [-0.3, -0.25) is 4.79 Å². The number of carbonyl (C=O) groups is 3. The van der Waals surface area contributed by atoms with E-state index in [-0.39, 0.29) is 28.4 Å². The molecule has 0 unspecified atom stereocenters. The van der Waals surface area contributed by atoms with Gasteiger partial charge in [-0.05, 0) is 67.7 Å². The number of rotatable bonds is 7. The minimum absolute atomic E-state index is 0.0648. The Kier molecular flexibility index (Phi) is 8.85. The van der Waals surface area contributed by atoms with Crippen LogP contribution < -0.4 is 9.47 Å². The van der Waals surface area contributed by atoms with E-state index in [1.54, 1.807) is 39.0 Å². The molecule has 5 nitrogen and oxygen atoms in total. The molecule has 0 bridgehead atoms. The standard InChI is InChI=1S/C24H20O4.C5H8O/c1-15(2)23(25)27-21-13-12-20(14-22(21)28-24(26)16(3)4)19-10-8-18(9-11-19)17-6-5-7-17;1-4(2)5(3)6/h5-14H,1,3H2,2,4H3;1H2,2-3H3. The number of benzene rings is 2. The lowest BCUT2D eigenvalue weighted by Gasteiger charge is -2.13. The van der Waals surface area contributed by atoms with Gasteiger partial charge >= 0.3 is 11.9 Å². The highest BCUT2D eigenvalue weighted by Gasteiger charge is 2.16. The maximum Gasteiger partial charge on any atom is 0.338 e. The van der Waals surface area contributed by atoms with E-state index in [1.807, 2.05) is 30.3 Å². The van der Waals surface area contributed by atoms with Gasteiger partial charge in [-0.1, -0.05) is 68.3 Å². The molecular weight excluding hydrogens is 428 g/mol. The monoisotopic (exact) mass is 456 g/mol. The van der Waals surface area contributed by atoms with Crippen molar-refractivity contribution in [3.05, 3.63) is 103 Å². The zero-order chi connectivity index (χ0) is 25.4. The van der Waals surface area contributed by atoms with Crippen LogP contribution in [0.2, 0.25) is 0 Å². The predicted octanol–water partition coefficient (Wildman–Crippen LogP) is 6.42. The molecule has 0 aliphatic heterocycles. The van der Waals surface area contributed by atoms with E-state index in [0.29, 0.717) is 5.57 Å². The van der Waals surface area contributed by atoms with Gasteiger partial charge in [0.2, 0.25) is 0 Å². The van der Waals surface area contributed by atoms with Gasteiger partial charge in [-0.15, -0.1) is 0 Å². The summed E-state index contributed by atoms with van der Waals surface area (Å²) in [6.07, 6.45) is 6.10. The summed E-state index contributed by atoms with van der Waals surface area (Å²) in [5, 5.41) is 0. The highest BCUT2D eigenvalue weighted by molar-refractivity contribution is 5.92. The van der Waals surface area contributed by atoms with Crippen LogP contribution in [0.3, 0.4) is 0 Å². The van der Waals surface area contributed by atoms with Crippen molar-refractivity contribution in [3.8, 4) is 22.6 Å². The van der Waals surface area contributed by atoms with E-state index >= 15 is 0 Å². The molecule has 34 heavy (non-hydrogen) atoms. The molecule has 0 heterocycles. The second kappa shape index (κ2) is 11.6. The molecule has 0 saturated heterocycles. The third kappa shape index (κ3) is 7.14. The molecule has 0 atom stereocenters. The largest absolute Gasteiger partial charge is 0.419 e. The van der Waals surface area contributed by atoms with Crippen LogP contribution in [0.15, 0.2) is 97.1 Å². The number of allylic oxidation sites excluding steroid dienone is 5. The maximum absolute atomic E-state index is 12.0. The topological polar surface area (TPSA) is 69.7 Å². The van der Waals surface area contributed by atoms with Crippen molar-refractivity contribution in [1.82, 2.24) is 0 Å². The SMILES string of the molecule is C=C(C)C(=O)Oc1ccc(-c2ccc(C3=CC=C3)cc2)cc1OC(=O)C(=C)C.C=C(C)C(C)=O. The molecule has 174 valence electrons. The Morgan fingerprint density at radius 1 is 0.647 bits per heavy atom. The van der Waals surface area contributed by atoms with Crippen molar-refractivity contribution >= 4 is 23.3 Å². The Labute approximate surface area is 200 Å². The van der Waals surface area contributed by atoms with Crippen LogP contribution in [0.4, 0.5) is 0 Å². The van der Waals surface area contributed by atoms with E-state index < -0.39 is 11.9 Å². The average Bonchev–Trinajstić information content (AvgIpc) is 2.74. The van der Waals surface area contributed by atoms with Gasteiger partial charge in [0.15, 0.2) is 17.3 Å². The zero-order valence-electron chi connectivity index (χ0n) is 19.9. The summed E-state index contributed by atoms with van der Waals surface area (Å²) >= 11 is 0. The van der Waals surface area contributed by atoms with Crippen LogP contribution >= 0.6 is 0 Å². The molecule has 0 amide bonds. The molecule has 0 saturated carbocycles. The molecule has 0 N–H and O–H groups in total. The van der Waals surface area contributed by atoms with E-state index in [9.17, 15) is 14.4 Å². The van der Waals surface area contributed by atoms with Crippen LogP contribution in [0, 0.1) is 0 Å². The molecule has 0 radical (unpaired) electrons. The number of Topliss-reactive ketones (excluding diaryl/α,β-unsaturated/α-hetero) is 1. The third-order valence-electron chi connectivity index (χ3n) is 4.75. The van der Waals surface area contributed by atoms with Gasteiger partial charge in [-0.25, -0.2) is 9.59 Å². The quantitative estimate of drug-likeness (QED) is 0.273. The highest BCUT2D eigenvalue weighted by Crippen LogP contribution is 2.34. The van der Waals surface area contributed by atoms with Gasteiger partial charge in [0.25, 0.3) is 0 Å². The second-order valence-corrected chi connectivity index (χ2v) is 7.90. The Morgan fingerprint density at radius 2 is 1.09 bits per heavy atom.